The van der Waals surface area contributed by atoms with Crippen LogP contribution in [0.1, 0.15) is 30.4 Å². The van der Waals surface area contributed by atoms with Gasteiger partial charge < -0.3 is 5.32 Å². The number of hydrogen-bond donors (Lipinski definition) is 1. The van der Waals surface area contributed by atoms with Gasteiger partial charge in [0.2, 0.25) is 5.91 Å². The molecule has 6 nitrogen and oxygen atoms in total. The summed E-state index contributed by atoms with van der Waals surface area (Å²) in [4.78, 5) is 12.2. The molecule has 0 spiro atoms. The summed E-state index contributed by atoms with van der Waals surface area (Å²) in [6.45, 7) is 2.80. The molecule has 1 heterocycles. The lowest BCUT2D eigenvalue weighted by Gasteiger charge is -2.16. The van der Waals surface area contributed by atoms with E-state index in [1.165, 1.54) is 11.9 Å². The monoisotopic (exact) mass is 335 g/mol. The normalized spacial score (nSPS) is 11.9. The Morgan fingerprint density at radius 2 is 1.88 bits per heavy atom. The van der Waals surface area contributed by atoms with Gasteiger partial charge in [0.05, 0.1) is 12.1 Å². The summed E-state index contributed by atoms with van der Waals surface area (Å²) in [6, 6.07) is 17.9. The van der Waals surface area contributed by atoms with Crippen LogP contribution in [-0.2, 0) is 11.2 Å². The van der Waals surface area contributed by atoms with Crippen molar-refractivity contribution in [3.63, 3.8) is 0 Å². The van der Waals surface area contributed by atoms with Crippen molar-refractivity contribution in [2.45, 2.75) is 25.7 Å². The van der Waals surface area contributed by atoms with Crippen molar-refractivity contribution in [2.75, 3.05) is 6.54 Å². The zero-order valence-corrected chi connectivity index (χ0v) is 14.2. The van der Waals surface area contributed by atoms with Gasteiger partial charge in [-0.2, -0.15) is 0 Å². The van der Waals surface area contributed by atoms with Crippen LogP contribution in [-0.4, -0.2) is 32.7 Å². The maximum absolute atomic E-state index is 12.2. The molecule has 1 aromatic heterocycles. The van der Waals surface area contributed by atoms with Gasteiger partial charge >= 0.3 is 0 Å². The molecule has 0 aliphatic carbocycles. The molecule has 0 radical (unpaired) electrons. The van der Waals surface area contributed by atoms with Gasteiger partial charge in [-0.15, -0.1) is 5.10 Å². The van der Waals surface area contributed by atoms with Gasteiger partial charge in [-0.3, -0.25) is 4.79 Å². The van der Waals surface area contributed by atoms with Crippen LogP contribution in [0.5, 0.6) is 0 Å². The SMILES string of the molecule is CCC(CNC(=O)Cc1ccc(-n2cnnn2)cc1)c1ccccc1. The molecule has 1 amide bonds. The van der Waals surface area contributed by atoms with Crippen LogP contribution < -0.4 is 5.32 Å². The number of carbonyl (C=O) groups excluding carboxylic acids is 1. The zero-order chi connectivity index (χ0) is 17.5. The Labute approximate surface area is 146 Å². The number of amides is 1. The molecule has 0 aliphatic heterocycles. The molecule has 6 heteroatoms. The molecular weight excluding hydrogens is 314 g/mol. The third-order valence-corrected chi connectivity index (χ3v) is 4.22. The fraction of sp³-hybridized carbons (Fsp3) is 0.263. The lowest BCUT2D eigenvalue weighted by atomic mass is 9.96. The number of nitrogens with zero attached hydrogens (tertiary/aromatic N) is 4. The molecule has 1 atom stereocenters. The molecule has 0 bridgehead atoms. The first-order valence-electron chi connectivity index (χ1n) is 8.40. The lowest BCUT2D eigenvalue weighted by Crippen LogP contribution is -2.29. The number of nitrogens with one attached hydrogen (secondary N) is 1. The van der Waals surface area contributed by atoms with E-state index < -0.39 is 0 Å². The summed E-state index contributed by atoms with van der Waals surface area (Å²) in [5, 5.41) is 14.1. The quantitative estimate of drug-likeness (QED) is 0.720. The number of aromatic nitrogens is 4. The second kappa shape index (κ2) is 8.19. The second-order valence-corrected chi connectivity index (χ2v) is 5.92. The van der Waals surface area contributed by atoms with E-state index in [-0.39, 0.29) is 5.91 Å². The van der Waals surface area contributed by atoms with Crippen LogP contribution in [0.3, 0.4) is 0 Å². The van der Waals surface area contributed by atoms with Gasteiger partial charge in [0.15, 0.2) is 0 Å². The Balaban J connectivity index is 1.54. The highest BCUT2D eigenvalue weighted by molar-refractivity contribution is 5.78. The van der Waals surface area contributed by atoms with E-state index in [0.717, 1.165) is 17.7 Å². The average molecular weight is 335 g/mol. The molecule has 0 saturated carbocycles. The van der Waals surface area contributed by atoms with Gasteiger partial charge in [-0.25, -0.2) is 4.68 Å². The van der Waals surface area contributed by atoms with Crippen LogP contribution in [0.4, 0.5) is 0 Å². The Bertz CT molecular complexity index is 784. The predicted octanol–water partition coefficient (Wildman–Crippen LogP) is 2.51. The smallest absolute Gasteiger partial charge is 0.224 e. The van der Waals surface area contributed by atoms with Gasteiger partial charge in [0.25, 0.3) is 0 Å². The summed E-state index contributed by atoms with van der Waals surface area (Å²) in [5.41, 5.74) is 3.09. The zero-order valence-electron chi connectivity index (χ0n) is 14.2. The maximum atomic E-state index is 12.2. The van der Waals surface area contributed by atoms with Gasteiger partial charge in [-0.05, 0) is 40.1 Å². The molecule has 1 unspecified atom stereocenters. The molecule has 0 aliphatic rings. The largest absolute Gasteiger partial charge is 0.355 e. The fourth-order valence-electron chi connectivity index (χ4n) is 2.75. The molecule has 3 aromatic rings. The van der Waals surface area contributed by atoms with Crippen molar-refractivity contribution < 1.29 is 4.79 Å². The molecule has 1 N–H and O–H groups in total. The first-order valence-corrected chi connectivity index (χ1v) is 8.40. The molecule has 25 heavy (non-hydrogen) atoms. The van der Waals surface area contributed by atoms with Crippen LogP contribution in [0.2, 0.25) is 0 Å². The van der Waals surface area contributed by atoms with Crippen LogP contribution in [0.15, 0.2) is 60.9 Å². The van der Waals surface area contributed by atoms with Gasteiger partial charge in [0, 0.05) is 12.5 Å². The Hall–Kier alpha value is -3.02. The van der Waals surface area contributed by atoms with Crippen LogP contribution in [0.25, 0.3) is 5.69 Å². The molecule has 0 fully saturated rings. The third kappa shape index (κ3) is 4.50. The Morgan fingerprint density at radius 3 is 2.52 bits per heavy atom. The number of carbonyl (C=O) groups is 1. The maximum Gasteiger partial charge on any atom is 0.224 e. The molecule has 128 valence electrons. The lowest BCUT2D eigenvalue weighted by molar-refractivity contribution is -0.120. The number of hydrogen-bond acceptors (Lipinski definition) is 4. The van der Waals surface area contributed by atoms with Gasteiger partial charge in [-0.1, -0.05) is 49.4 Å². The first-order chi connectivity index (χ1) is 12.3. The Morgan fingerprint density at radius 1 is 1.12 bits per heavy atom. The van der Waals surface area contributed by atoms with Gasteiger partial charge in [0.1, 0.15) is 6.33 Å². The van der Waals surface area contributed by atoms with E-state index in [2.05, 4.69) is 39.9 Å². The minimum atomic E-state index is 0.0320. The van der Waals surface area contributed by atoms with E-state index in [4.69, 9.17) is 0 Å². The first kappa shape index (κ1) is 16.8. The number of tetrazole rings is 1. The molecular formula is C19H21N5O. The molecule has 0 saturated heterocycles. The average Bonchev–Trinajstić information content (AvgIpc) is 3.18. The fourth-order valence-corrected chi connectivity index (χ4v) is 2.75. The minimum Gasteiger partial charge on any atom is -0.355 e. The molecule has 2 aromatic carbocycles. The highest BCUT2D eigenvalue weighted by Gasteiger charge is 2.11. The van der Waals surface area contributed by atoms with E-state index in [0.29, 0.717) is 18.9 Å². The van der Waals surface area contributed by atoms with Crippen molar-refractivity contribution >= 4 is 5.91 Å². The second-order valence-electron chi connectivity index (χ2n) is 5.92. The minimum absolute atomic E-state index is 0.0320. The van der Waals surface area contributed by atoms with Crippen LogP contribution in [0, 0.1) is 0 Å². The highest BCUT2D eigenvalue weighted by Crippen LogP contribution is 2.18. The standard InChI is InChI=1S/C19H21N5O/c1-2-16(17-6-4-3-5-7-17)13-20-19(25)12-15-8-10-18(11-9-15)24-14-21-22-23-24/h3-11,14,16H,2,12-13H2,1H3,(H,20,25). The summed E-state index contributed by atoms with van der Waals surface area (Å²) < 4.78 is 1.58. The summed E-state index contributed by atoms with van der Waals surface area (Å²) >= 11 is 0. The van der Waals surface area contributed by atoms with E-state index in [1.54, 1.807) is 4.68 Å². The van der Waals surface area contributed by atoms with E-state index in [1.807, 2.05) is 42.5 Å². The van der Waals surface area contributed by atoms with Crippen LogP contribution >= 0.6 is 0 Å². The van der Waals surface area contributed by atoms with Crippen molar-refractivity contribution in [1.82, 2.24) is 25.5 Å². The Kier molecular flexibility index (Phi) is 5.51. The summed E-state index contributed by atoms with van der Waals surface area (Å²) in [6.07, 6.45) is 2.89. The third-order valence-electron chi connectivity index (χ3n) is 4.22. The topological polar surface area (TPSA) is 72.7 Å². The van der Waals surface area contributed by atoms with E-state index in [9.17, 15) is 4.79 Å². The van der Waals surface area contributed by atoms with Crippen molar-refractivity contribution in [2.24, 2.45) is 0 Å². The number of rotatable bonds is 7. The van der Waals surface area contributed by atoms with Crippen molar-refractivity contribution in [1.29, 1.82) is 0 Å². The molecule has 3 rings (SSSR count). The summed E-state index contributed by atoms with van der Waals surface area (Å²) in [5.74, 6) is 0.372. The highest BCUT2D eigenvalue weighted by atomic mass is 16.1. The van der Waals surface area contributed by atoms with E-state index >= 15 is 0 Å². The predicted molar refractivity (Wildman–Crippen MR) is 95.3 cm³/mol. The van der Waals surface area contributed by atoms with Crippen molar-refractivity contribution in [3.8, 4) is 5.69 Å². The number of benzene rings is 2. The van der Waals surface area contributed by atoms with Crippen molar-refractivity contribution in [3.05, 3.63) is 72.1 Å². The summed E-state index contributed by atoms with van der Waals surface area (Å²) in [7, 11) is 0.